The van der Waals surface area contributed by atoms with Crippen LogP contribution in [0.2, 0.25) is 0 Å². The van der Waals surface area contributed by atoms with Gasteiger partial charge in [0.05, 0.1) is 7.11 Å². The van der Waals surface area contributed by atoms with E-state index in [1.807, 2.05) is 0 Å². The van der Waals surface area contributed by atoms with Crippen molar-refractivity contribution in [1.29, 1.82) is 0 Å². The summed E-state index contributed by atoms with van der Waals surface area (Å²) in [6.07, 6.45) is 0. The molecule has 1 aromatic carbocycles. The van der Waals surface area contributed by atoms with Crippen molar-refractivity contribution in [1.82, 2.24) is 0 Å². The predicted octanol–water partition coefficient (Wildman–Crippen LogP) is 1.68. The van der Waals surface area contributed by atoms with Crippen LogP contribution in [-0.2, 0) is 14.9 Å². The maximum atomic E-state index is 13.1. The number of nitrogens with one attached hydrogen (secondary N) is 1. The first-order valence-electron chi connectivity index (χ1n) is 4.70. The molecule has 4 heteroatoms. The number of fused-ring (bicyclic) bond motifs is 1. The summed E-state index contributed by atoms with van der Waals surface area (Å²) in [6, 6.07) is 4.39. The Bertz CT molecular complexity index is 419. The van der Waals surface area contributed by atoms with Crippen molar-refractivity contribution in [3.63, 3.8) is 0 Å². The average Bonchev–Trinajstić information content (AvgIpc) is 2.57. The molecular weight excluding hydrogens is 197 g/mol. The fourth-order valence-electron chi connectivity index (χ4n) is 1.90. The summed E-state index contributed by atoms with van der Waals surface area (Å²) in [5, 5.41) is 3.07. The van der Waals surface area contributed by atoms with Crippen molar-refractivity contribution in [3.05, 3.63) is 29.6 Å². The zero-order chi connectivity index (χ0) is 11.1. The molecule has 3 nitrogen and oxygen atoms in total. The summed E-state index contributed by atoms with van der Waals surface area (Å²) in [7, 11) is 1.34. The van der Waals surface area contributed by atoms with E-state index >= 15 is 0 Å². The van der Waals surface area contributed by atoms with Crippen LogP contribution in [0.1, 0.15) is 12.5 Å². The van der Waals surface area contributed by atoms with E-state index < -0.39 is 5.41 Å². The van der Waals surface area contributed by atoms with Crippen molar-refractivity contribution in [2.45, 2.75) is 12.3 Å². The number of rotatable bonds is 1. The minimum Gasteiger partial charge on any atom is -0.468 e. The lowest BCUT2D eigenvalue weighted by atomic mass is 9.84. The smallest absolute Gasteiger partial charge is 0.317 e. The molecule has 1 N–H and O–H groups in total. The Labute approximate surface area is 87.2 Å². The minimum absolute atomic E-state index is 0.340. The van der Waals surface area contributed by atoms with Crippen LogP contribution < -0.4 is 5.32 Å². The van der Waals surface area contributed by atoms with Crippen molar-refractivity contribution in [2.75, 3.05) is 19.0 Å². The number of ether oxygens (including phenoxy) is 1. The van der Waals surface area contributed by atoms with Gasteiger partial charge in [0.15, 0.2) is 0 Å². The molecule has 0 radical (unpaired) electrons. The van der Waals surface area contributed by atoms with Crippen LogP contribution >= 0.6 is 0 Å². The Kier molecular flexibility index (Phi) is 2.14. The van der Waals surface area contributed by atoms with Crippen LogP contribution in [0.3, 0.4) is 0 Å². The van der Waals surface area contributed by atoms with Gasteiger partial charge in [0.2, 0.25) is 0 Å². The predicted molar refractivity (Wildman–Crippen MR) is 54.3 cm³/mol. The van der Waals surface area contributed by atoms with Gasteiger partial charge >= 0.3 is 5.97 Å². The van der Waals surface area contributed by atoms with Gasteiger partial charge < -0.3 is 10.1 Å². The fourth-order valence-corrected chi connectivity index (χ4v) is 1.90. The monoisotopic (exact) mass is 209 g/mol. The van der Waals surface area contributed by atoms with Crippen LogP contribution in [0.5, 0.6) is 0 Å². The van der Waals surface area contributed by atoms with Gasteiger partial charge in [-0.3, -0.25) is 4.79 Å². The van der Waals surface area contributed by atoms with Gasteiger partial charge in [-0.15, -0.1) is 0 Å². The summed E-state index contributed by atoms with van der Waals surface area (Å²) >= 11 is 0. The molecule has 0 saturated carbocycles. The second-order valence-electron chi connectivity index (χ2n) is 3.87. The second-order valence-corrected chi connectivity index (χ2v) is 3.87. The Hall–Kier alpha value is -1.58. The second kappa shape index (κ2) is 3.22. The lowest BCUT2D eigenvalue weighted by Crippen LogP contribution is -2.35. The first-order chi connectivity index (χ1) is 7.08. The maximum absolute atomic E-state index is 13.1. The number of carbonyl (C=O) groups excluding carboxylic acids is 1. The maximum Gasteiger partial charge on any atom is 0.317 e. The van der Waals surface area contributed by atoms with Gasteiger partial charge in [-0.05, 0) is 30.7 Å². The van der Waals surface area contributed by atoms with Crippen LogP contribution in [-0.4, -0.2) is 19.6 Å². The van der Waals surface area contributed by atoms with E-state index in [0.29, 0.717) is 12.1 Å². The number of halogens is 1. The van der Waals surface area contributed by atoms with Gasteiger partial charge in [0.25, 0.3) is 0 Å². The molecule has 80 valence electrons. The van der Waals surface area contributed by atoms with E-state index in [9.17, 15) is 9.18 Å². The summed E-state index contributed by atoms with van der Waals surface area (Å²) < 4.78 is 17.8. The number of hydrogen-bond donors (Lipinski definition) is 1. The number of methoxy groups -OCH3 is 1. The van der Waals surface area contributed by atoms with Crippen molar-refractivity contribution in [3.8, 4) is 0 Å². The third-order valence-corrected chi connectivity index (χ3v) is 2.84. The molecule has 15 heavy (non-hydrogen) atoms. The summed E-state index contributed by atoms with van der Waals surface area (Å²) in [6.45, 7) is 2.19. The van der Waals surface area contributed by atoms with Crippen LogP contribution in [0.4, 0.5) is 10.1 Å². The minimum atomic E-state index is -0.786. The Morgan fingerprint density at radius 1 is 1.60 bits per heavy atom. The topological polar surface area (TPSA) is 38.3 Å². The van der Waals surface area contributed by atoms with Crippen LogP contribution in [0.15, 0.2) is 18.2 Å². The lowest BCUT2D eigenvalue weighted by molar-refractivity contribution is -0.146. The number of benzene rings is 1. The highest BCUT2D eigenvalue weighted by Gasteiger charge is 2.42. The largest absolute Gasteiger partial charge is 0.468 e. The average molecular weight is 209 g/mol. The molecule has 1 aliphatic heterocycles. The number of carbonyl (C=O) groups is 1. The zero-order valence-electron chi connectivity index (χ0n) is 8.63. The number of hydrogen-bond acceptors (Lipinski definition) is 3. The molecule has 1 aromatic rings. The van der Waals surface area contributed by atoms with Crippen molar-refractivity contribution < 1.29 is 13.9 Å². The Balaban J connectivity index is 2.51. The van der Waals surface area contributed by atoms with E-state index in [4.69, 9.17) is 4.74 Å². The molecule has 2 rings (SSSR count). The highest BCUT2D eigenvalue weighted by molar-refractivity contribution is 5.88. The van der Waals surface area contributed by atoms with E-state index in [1.54, 1.807) is 13.0 Å². The molecule has 0 aromatic heterocycles. The van der Waals surface area contributed by atoms with Gasteiger partial charge in [-0.25, -0.2) is 4.39 Å². The first-order valence-corrected chi connectivity index (χ1v) is 4.70. The van der Waals surface area contributed by atoms with E-state index in [1.165, 1.54) is 19.2 Å². The SMILES string of the molecule is COC(=O)C1(C)CNc2ccc(F)cc21. The van der Waals surface area contributed by atoms with Gasteiger partial charge in [0, 0.05) is 12.2 Å². The Morgan fingerprint density at radius 3 is 3.00 bits per heavy atom. The highest BCUT2D eigenvalue weighted by atomic mass is 19.1. The molecule has 0 saturated heterocycles. The van der Waals surface area contributed by atoms with Gasteiger partial charge in [-0.2, -0.15) is 0 Å². The van der Waals surface area contributed by atoms with Gasteiger partial charge in [0.1, 0.15) is 11.2 Å². The normalized spacial score (nSPS) is 23.1. The summed E-state index contributed by atoms with van der Waals surface area (Å²) in [5.41, 5.74) is 0.672. The van der Waals surface area contributed by atoms with Crippen molar-refractivity contribution in [2.24, 2.45) is 0 Å². The number of anilines is 1. The molecule has 0 amide bonds. The quantitative estimate of drug-likeness (QED) is 0.715. The van der Waals surface area contributed by atoms with E-state index in [-0.39, 0.29) is 11.8 Å². The molecule has 0 aliphatic carbocycles. The molecule has 0 spiro atoms. The van der Waals surface area contributed by atoms with Gasteiger partial charge in [-0.1, -0.05) is 0 Å². The molecular formula is C11H12FNO2. The standard InChI is InChI=1S/C11H12FNO2/c1-11(10(14)15-2)6-13-9-4-3-7(12)5-8(9)11/h3-5,13H,6H2,1-2H3. The molecule has 1 unspecified atom stereocenters. The highest BCUT2D eigenvalue weighted by Crippen LogP contribution is 2.37. The molecule has 1 aliphatic rings. The molecule has 1 heterocycles. The molecule has 0 fully saturated rings. The summed E-state index contributed by atoms with van der Waals surface area (Å²) in [4.78, 5) is 11.6. The van der Waals surface area contributed by atoms with Crippen molar-refractivity contribution >= 4 is 11.7 Å². The lowest BCUT2D eigenvalue weighted by Gasteiger charge is -2.20. The Morgan fingerprint density at radius 2 is 2.33 bits per heavy atom. The third-order valence-electron chi connectivity index (χ3n) is 2.84. The van der Waals surface area contributed by atoms with Crippen LogP contribution in [0, 0.1) is 5.82 Å². The molecule has 1 atom stereocenters. The van der Waals surface area contributed by atoms with E-state index in [0.717, 1.165) is 5.69 Å². The number of esters is 1. The zero-order valence-corrected chi connectivity index (χ0v) is 8.63. The first kappa shape index (κ1) is 9.96. The summed E-state index contributed by atoms with van der Waals surface area (Å²) in [5.74, 6) is -0.688. The fraction of sp³-hybridized carbons (Fsp3) is 0.364. The van der Waals surface area contributed by atoms with E-state index in [2.05, 4.69) is 5.32 Å². The van der Waals surface area contributed by atoms with Crippen LogP contribution in [0.25, 0.3) is 0 Å². The molecule has 0 bridgehead atoms. The third kappa shape index (κ3) is 1.37.